The van der Waals surface area contributed by atoms with Crippen molar-refractivity contribution in [2.45, 2.75) is 45.1 Å². The van der Waals surface area contributed by atoms with E-state index in [1.54, 1.807) is 30.0 Å². The molecule has 1 atom stereocenters. The molecule has 4 aromatic rings. The first-order chi connectivity index (χ1) is 19.5. The maximum absolute atomic E-state index is 14.3. The fourth-order valence-corrected chi connectivity index (χ4v) is 6.58. The van der Waals surface area contributed by atoms with Crippen molar-refractivity contribution in [3.63, 3.8) is 0 Å². The molecule has 0 radical (unpaired) electrons. The Morgan fingerprint density at radius 2 is 1.98 bits per heavy atom. The third-order valence-electron chi connectivity index (χ3n) is 7.55. The number of halogens is 1. The van der Waals surface area contributed by atoms with Gasteiger partial charge < -0.3 is 15.0 Å². The van der Waals surface area contributed by atoms with Gasteiger partial charge in [-0.2, -0.15) is 0 Å². The van der Waals surface area contributed by atoms with Gasteiger partial charge in [-0.05, 0) is 80.5 Å². The molecule has 0 unspecified atom stereocenters. The van der Waals surface area contributed by atoms with E-state index < -0.39 is 5.82 Å². The van der Waals surface area contributed by atoms with Crippen LogP contribution in [-0.4, -0.2) is 36.1 Å². The van der Waals surface area contributed by atoms with Gasteiger partial charge in [0.25, 0.3) is 11.8 Å². The van der Waals surface area contributed by atoms with Crippen molar-refractivity contribution in [2.24, 2.45) is 0 Å². The number of carbonyl (C=O) groups is 2. The number of hydrogen-bond acceptors (Lipinski definition) is 5. The lowest BCUT2D eigenvalue weighted by Crippen LogP contribution is -2.33. The monoisotopic (exact) mass is 555 g/mol. The van der Waals surface area contributed by atoms with Gasteiger partial charge in [0.2, 0.25) is 0 Å². The minimum absolute atomic E-state index is 0.144. The fraction of sp³-hybridized carbons (Fsp3) is 0.281. The van der Waals surface area contributed by atoms with E-state index in [1.807, 2.05) is 42.5 Å². The van der Waals surface area contributed by atoms with Crippen LogP contribution >= 0.6 is 11.3 Å². The van der Waals surface area contributed by atoms with Crippen LogP contribution in [0.1, 0.15) is 56.2 Å². The molecule has 4 heterocycles. The van der Waals surface area contributed by atoms with Crippen molar-refractivity contribution in [1.82, 2.24) is 4.98 Å². The Labute approximate surface area is 236 Å². The molecule has 8 heteroatoms. The van der Waals surface area contributed by atoms with Crippen LogP contribution in [-0.2, 0) is 17.6 Å². The molecule has 1 N–H and O–H groups in total. The number of aryl methyl sites for hydroxylation is 2. The first-order valence-electron chi connectivity index (χ1n) is 13.7. The van der Waals surface area contributed by atoms with E-state index in [2.05, 4.69) is 5.32 Å². The van der Waals surface area contributed by atoms with Crippen LogP contribution < -0.4 is 10.2 Å². The second-order valence-corrected chi connectivity index (χ2v) is 11.3. The predicted molar refractivity (Wildman–Crippen MR) is 156 cm³/mol. The molecule has 1 saturated heterocycles. The Kier molecular flexibility index (Phi) is 7.45. The molecule has 6 rings (SSSR count). The molecule has 0 saturated carbocycles. The second-order valence-electron chi connectivity index (χ2n) is 10.3. The van der Waals surface area contributed by atoms with E-state index in [4.69, 9.17) is 9.72 Å². The summed E-state index contributed by atoms with van der Waals surface area (Å²) >= 11 is 1.36. The summed E-state index contributed by atoms with van der Waals surface area (Å²) in [4.78, 5) is 34.8. The minimum atomic E-state index is -0.462. The maximum atomic E-state index is 14.3. The van der Waals surface area contributed by atoms with Gasteiger partial charge in [0.15, 0.2) is 0 Å². The molecular formula is C32H30FN3O3S. The SMILES string of the molecule is Cc1cccc(F)c1NC(=O)c1cc2c(s1)-c1ccccc1N(C(=O)c1cccc(CC[C@H]3CCCO3)n1)CC2. The third-order valence-corrected chi connectivity index (χ3v) is 8.76. The molecule has 2 amide bonds. The summed E-state index contributed by atoms with van der Waals surface area (Å²) in [5.74, 6) is -0.953. The average Bonchev–Trinajstić information content (AvgIpc) is 3.62. The summed E-state index contributed by atoms with van der Waals surface area (Å²) in [5, 5.41) is 2.74. The fourth-order valence-electron chi connectivity index (χ4n) is 5.44. The molecule has 2 aromatic heterocycles. The molecule has 2 aliphatic rings. The van der Waals surface area contributed by atoms with Gasteiger partial charge in [-0.25, -0.2) is 9.37 Å². The quantitative estimate of drug-likeness (QED) is 0.283. The number of para-hydroxylation sites is 2. The number of rotatable bonds is 6. The van der Waals surface area contributed by atoms with Gasteiger partial charge in [0.05, 0.1) is 22.4 Å². The maximum Gasteiger partial charge on any atom is 0.276 e. The van der Waals surface area contributed by atoms with Gasteiger partial charge >= 0.3 is 0 Å². The number of ether oxygens (including phenoxy) is 1. The molecule has 0 bridgehead atoms. The summed E-state index contributed by atoms with van der Waals surface area (Å²) in [6, 6.07) is 20.0. The lowest BCUT2D eigenvalue weighted by Gasteiger charge is -2.23. The van der Waals surface area contributed by atoms with Crippen LogP contribution in [0.5, 0.6) is 0 Å². The number of thiophene rings is 1. The van der Waals surface area contributed by atoms with Crippen molar-refractivity contribution >= 4 is 34.5 Å². The van der Waals surface area contributed by atoms with Gasteiger partial charge in [-0.3, -0.25) is 9.59 Å². The molecule has 0 spiro atoms. The minimum Gasteiger partial charge on any atom is -0.378 e. The number of anilines is 2. The number of hydrogen-bond donors (Lipinski definition) is 1. The predicted octanol–water partition coefficient (Wildman–Crippen LogP) is 6.82. The van der Waals surface area contributed by atoms with E-state index in [9.17, 15) is 14.0 Å². The van der Waals surface area contributed by atoms with E-state index >= 15 is 0 Å². The topological polar surface area (TPSA) is 71.5 Å². The summed E-state index contributed by atoms with van der Waals surface area (Å²) < 4.78 is 20.1. The summed E-state index contributed by atoms with van der Waals surface area (Å²) in [6.07, 6.45) is 4.73. The summed E-state index contributed by atoms with van der Waals surface area (Å²) in [6.45, 7) is 3.04. The third kappa shape index (κ3) is 5.29. The van der Waals surface area contributed by atoms with Crippen molar-refractivity contribution < 1.29 is 18.7 Å². The summed E-state index contributed by atoms with van der Waals surface area (Å²) in [7, 11) is 0. The molecule has 6 nitrogen and oxygen atoms in total. The average molecular weight is 556 g/mol. The number of aromatic nitrogens is 1. The zero-order valence-corrected chi connectivity index (χ0v) is 23.1. The molecule has 1 fully saturated rings. The highest BCUT2D eigenvalue weighted by Gasteiger charge is 2.28. The van der Waals surface area contributed by atoms with Crippen LogP contribution in [0.4, 0.5) is 15.8 Å². The zero-order chi connectivity index (χ0) is 27.6. The Bertz CT molecular complexity index is 1560. The molecular weight excluding hydrogens is 525 g/mol. The second kappa shape index (κ2) is 11.3. The first kappa shape index (κ1) is 26.3. The Morgan fingerprint density at radius 1 is 1.12 bits per heavy atom. The van der Waals surface area contributed by atoms with Gasteiger partial charge in [0.1, 0.15) is 11.5 Å². The van der Waals surface area contributed by atoms with E-state index in [-0.39, 0.29) is 23.6 Å². The molecule has 2 aliphatic heterocycles. The van der Waals surface area contributed by atoms with E-state index in [0.29, 0.717) is 29.1 Å². The standard InChI is InChI=1S/C32H30FN3O3S/c1-20-7-4-11-25(33)29(20)35-31(37)28-19-21-16-17-36(27-13-3-2-10-24(27)30(21)40-28)32(38)26-12-5-8-22(34-26)14-15-23-9-6-18-39-23/h2-5,7-8,10-13,19,23H,6,9,14-18H2,1H3,(H,35,37)/t23-/m1/s1. The van der Waals surface area contributed by atoms with Gasteiger partial charge in [0, 0.05) is 29.3 Å². The normalized spacial score (nSPS) is 16.2. The van der Waals surface area contributed by atoms with Crippen LogP contribution in [0, 0.1) is 12.7 Å². The number of pyridine rings is 1. The smallest absolute Gasteiger partial charge is 0.276 e. The number of carbonyl (C=O) groups excluding carboxylic acids is 2. The van der Waals surface area contributed by atoms with Crippen LogP contribution in [0.15, 0.2) is 66.7 Å². The Morgan fingerprint density at radius 3 is 2.80 bits per heavy atom. The van der Waals surface area contributed by atoms with Crippen molar-refractivity contribution in [1.29, 1.82) is 0 Å². The highest BCUT2D eigenvalue weighted by Crippen LogP contribution is 2.42. The number of amides is 2. The van der Waals surface area contributed by atoms with Crippen LogP contribution in [0.3, 0.4) is 0 Å². The number of benzene rings is 2. The molecule has 0 aliphatic carbocycles. The molecule has 40 heavy (non-hydrogen) atoms. The summed E-state index contributed by atoms with van der Waals surface area (Å²) in [5.41, 5.74) is 4.84. The lowest BCUT2D eigenvalue weighted by atomic mass is 10.1. The van der Waals surface area contributed by atoms with Gasteiger partial charge in [-0.1, -0.05) is 36.4 Å². The Balaban J connectivity index is 1.25. The first-order valence-corrected chi connectivity index (χ1v) is 14.5. The van der Waals surface area contributed by atoms with Crippen molar-refractivity contribution in [3.05, 3.63) is 99.9 Å². The number of fused-ring (bicyclic) bond motifs is 3. The highest BCUT2D eigenvalue weighted by molar-refractivity contribution is 7.17. The van der Waals surface area contributed by atoms with Crippen LogP contribution in [0.2, 0.25) is 0 Å². The number of nitrogens with zero attached hydrogens (tertiary/aromatic N) is 2. The van der Waals surface area contributed by atoms with E-state index in [0.717, 1.165) is 59.7 Å². The Hall–Kier alpha value is -3.88. The zero-order valence-electron chi connectivity index (χ0n) is 22.3. The van der Waals surface area contributed by atoms with Crippen molar-refractivity contribution in [2.75, 3.05) is 23.4 Å². The highest BCUT2D eigenvalue weighted by atomic mass is 32.1. The lowest BCUT2D eigenvalue weighted by molar-refractivity contribution is 0.0980. The number of nitrogens with one attached hydrogen (secondary N) is 1. The van der Waals surface area contributed by atoms with Crippen molar-refractivity contribution in [3.8, 4) is 10.4 Å². The van der Waals surface area contributed by atoms with Gasteiger partial charge in [-0.15, -0.1) is 11.3 Å². The van der Waals surface area contributed by atoms with E-state index in [1.165, 1.54) is 17.4 Å². The molecule has 2 aromatic carbocycles. The van der Waals surface area contributed by atoms with Crippen LogP contribution in [0.25, 0.3) is 10.4 Å². The molecule has 204 valence electrons. The largest absolute Gasteiger partial charge is 0.378 e.